The maximum atomic E-state index is 12.8. The van der Waals surface area contributed by atoms with E-state index >= 15 is 0 Å². The van der Waals surface area contributed by atoms with E-state index < -0.39 is 15.1 Å². The van der Waals surface area contributed by atoms with Gasteiger partial charge in [0, 0.05) is 18.7 Å². The van der Waals surface area contributed by atoms with E-state index in [0.717, 1.165) is 5.56 Å². The van der Waals surface area contributed by atoms with Crippen molar-refractivity contribution in [2.45, 2.75) is 17.4 Å². The van der Waals surface area contributed by atoms with Crippen LogP contribution in [-0.4, -0.2) is 54.9 Å². The topological polar surface area (TPSA) is 105 Å². The van der Waals surface area contributed by atoms with E-state index in [4.69, 9.17) is 9.15 Å². The van der Waals surface area contributed by atoms with Crippen LogP contribution in [0, 0.1) is 0 Å². The molecule has 2 aromatic heterocycles. The summed E-state index contributed by atoms with van der Waals surface area (Å²) < 4.78 is 35.8. The first-order valence-corrected chi connectivity index (χ1v) is 10.9. The largest absolute Gasteiger partial charge is 0.496 e. The van der Waals surface area contributed by atoms with Crippen LogP contribution in [0.25, 0.3) is 11.3 Å². The number of furan rings is 1. The molecule has 8 nitrogen and oxygen atoms in total. The van der Waals surface area contributed by atoms with Gasteiger partial charge in [0.1, 0.15) is 23.0 Å². The van der Waals surface area contributed by atoms with Crippen LogP contribution in [0.5, 0.6) is 5.75 Å². The Labute approximate surface area is 168 Å². The molecule has 1 aliphatic heterocycles. The fourth-order valence-electron chi connectivity index (χ4n) is 3.51. The van der Waals surface area contributed by atoms with Crippen molar-refractivity contribution in [1.82, 2.24) is 15.1 Å². The molecular formula is C20H21N3O5S. The number of methoxy groups -OCH3 is 1. The van der Waals surface area contributed by atoms with Crippen LogP contribution in [0.1, 0.15) is 22.7 Å². The zero-order chi connectivity index (χ0) is 20.4. The number of nitrogens with zero attached hydrogens (tertiary/aromatic N) is 2. The summed E-state index contributed by atoms with van der Waals surface area (Å²) in [5, 5.41) is 6.38. The number of carbonyl (C=O) groups excluding carboxylic acids is 1. The molecule has 3 heterocycles. The van der Waals surface area contributed by atoms with Gasteiger partial charge in [-0.15, -0.1) is 0 Å². The van der Waals surface area contributed by atoms with Crippen LogP contribution < -0.4 is 4.74 Å². The zero-order valence-electron chi connectivity index (χ0n) is 15.9. The SMILES string of the molecule is COc1ccccc1-c1cc(C(=O)N2CCC(S(=O)(=O)Cc3ccco3)C2)[nH]n1. The number of H-pyrrole nitrogens is 1. The molecule has 0 aliphatic carbocycles. The number of hydrogen-bond acceptors (Lipinski definition) is 6. The number of nitrogens with one attached hydrogen (secondary N) is 1. The number of ether oxygens (including phenoxy) is 1. The lowest BCUT2D eigenvalue weighted by atomic mass is 10.1. The van der Waals surface area contributed by atoms with Crippen LogP contribution in [-0.2, 0) is 15.6 Å². The number of hydrogen-bond donors (Lipinski definition) is 1. The highest BCUT2D eigenvalue weighted by atomic mass is 32.2. The van der Waals surface area contributed by atoms with Gasteiger partial charge in [0.15, 0.2) is 9.84 Å². The second kappa shape index (κ2) is 7.75. The highest BCUT2D eigenvalue weighted by Gasteiger charge is 2.36. The highest BCUT2D eigenvalue weighted by molar-refractivity contribution is 7.91. The second-order valence-corrected chi connectivity index (χ2v) is 9.20. The molecule has 1 aromatic carbocycles. The first-order valence-electron chi connectivity index (χ1n) is 9.20. The minimum Gasteiger partial charge on any atom is -0.496 e. The normalized spacial score (nSPS) is 16.9. The molecule has 29 heavy (non-hydrogen) atoms. The van der Waals surface area contributed by atoms with Gasteiger partial charge in [0.05, 0.1) is 24.3 Å². The lowest BCUT2D eigenvalue weighted by Gasteiger charge is -2.15. The number of rotatable bonds is 6. The van der Waals surface area contributed by atoms with Crippen LogP contribution in [0.2, 0.25) is 0 Å². The average Bonchev–Trinajstić information content (AvgIpc) is 3.48. The number of aromatic nitrogens is 2. The minimum absolute atomic E-state index is 0.158. The third-order valence-electron chi connectivity index (χ3n) is 5.05. The number of aromatic amines is 1. The molecular weight excluding hydrogens is 394 g/mol. The van der Waals surface area contributed by atoms with Crippen molar-refractivity contribution < 1.29 is 22.4 Å². The summed E-state index contributed by atoms with van der Waals surface area (Å²) >= 11 is 0. The van der Waals surface area contributed by atoms with E-state index in [0.29, 0.717) is 35.9 Å². The van der Waals surface area contributed by atoms with Crippen molar-refractivity contribution in [3.8, 4) is 17.0 Å². The van der Waals surface area contributed by atoms with E-state index in [-0.39, 0.29) is 18.2 Å². The molecule has 9 heteroatoms. The molecule has 0 saturated carbocycles. The molecule has 1 fully saturated rings. The van der Waals surface area contributed by atoms with Crippen molar-refractivity contribution in [2.75, 3.05) is 20.2 Å². The summed E-state index contributed by atoms with van der Waals surface area (Å²) in [5.41, 5.74) is 1.67. The smallest absolute Gasteiger partial charge is 0.271 e. The quantitative estimate of drug-likeness (QED) is 0.663. The lowest BCUT2D eigenvalue weighted by molar-refractivity contribution is 0.0787. The van der Waals surface area contributed by atoms with Crippen LogP contribution in [0.3, 0.4) is 0 Å². The molecule has 0 radical (unpaired) electrons. The maximum absolute atomic E-state index is 12.8. The zero-order valence-corrected chi connectivity index (χ0v) is 16.7. The number of para-hydroxylation sites is 1. The van der Waals surface area contributed by atoms with E-state index in [1.807, 2.05) is 24.3 Å². The van der Waals surface area contributed by atoms with Gasteiger partial charge in [0.2, 0.25) is 0 Å². The van der Waals surface area contributed by atoms with Crippen LogP contribution >= 0.6 is 0 Å². The Morgan fingerprint density at radius 2 is 2.14 bits per heavy atom. The molecule has 1 N–H and O–H groups in total. The van der Waals surface area contributed by atoms with Crippen LogP contribution in [0.4, 0.5) is 0 Å². The first kappa shape index (κ1) is 19.3. The summed E-state index contributed by atoms with van der Waals surface area (Å²) in [7, 11) is -1.83. The summed E-state index contributed by atoms with van der Waals surface area (Å²) in [6.45, 7) is 0.536. The summed E-state index contributed by atoms with van der Waals surface area (Å²) in [6.07, 6.45) is 1.86. The van der Waals surface area contributed by atoms with Gasteiger partial charge in [-0.05, 0) is 36.8 Å². The standard InChI is InChI=1S/C20H21N3O5S/c1-27-19-7-3-2-6-16(19)17-11-18(22-21-17)20(24)23-9-8-15(12-23)29(25,26)13-14-5-4-10-28-14/h2-7,10-11,15H,8-9,12-13H2,1H3,(H,21,22). The first-order chi connectivity index (χ1) is 14.0. The third-order valence-corrected chi connectivity index (χ3v) is 7.14. The van der Waals surface area contributed by atoms with Gasteiger partial charge in [-0.2, -0.15) is 5.10 Å². The Balaban J connectivity index is 1.47. The van der Waals surface area contributed by atoms with Crippen molar-refractivity contribution in [3.63, 3.8) is 0 Å². The van der Waals surface area contributed by atoms with E-state index in [1.54, 1.807) is 30.2 Å². The van der Waals surface area contributed by atoms with Crippen molar-refractivity contribution in [3.05, 3.63) is 60.2 Å². The van der Waals surface area contributed by atoms with Gasteiger partial charge in [-0.25, -0.2) is 8.42 Å². The van der Waals surface area contributed by atoms with Gasteiger partial charge in [-0.3, -0.25) is 9.89 Å². The Morgan fingerprint density at radius 3 is 2.90 bits per heavy atom. The summed E-state index contributed by atoms with van der Waals surface area (Å²) in [4.78, 5) is 14.4. The monoisotopic (exact) mass is 415 g/mol. The van der Waals surface area contributed by atoms with Gasteiger partial charge < -0.3 is 14.1 Å². The predicted octanol–water partition coefficient (Wildman–Crippen LogP) is 2.51. The van der Waals surface area contributed by atoms with E-state index in [9.17, 15) is 13.2 Å². The van der Waals surface area contributed by atoms with E-state index in [2.05, 4.69) is 10.2 Å². The molecule has 1 saturated heterocycles. The number of amides is 1. The highest BCUT2D eigenvalue weighted by Crippen LogP contribution is 2.29. The minimum atomic E-state index is -3.41. The lowest BCUT2D eigenvalue weighted by Crippen LogP contribution is -2.32. The third kappa shape index (κ3) is 3.91. The Hall–Kier alpha value is -3.07. The van der Waals surface area contributed by atoms with Crippen molar-refractivity contribution in [2.24, 2.45) is 0 Å². The average molecular weight is 415 g/mol. The molecule has 0 bridgehead atoms. The summed E-state index contributed by atoms with van der Waals surface area (Å²) in [6, 6.07) is 12.4. The summed E-state index contributed by atoms with van der Waals surface area (Å²) in [5.74, 6) is 0.636. The molecule has 1 unspecified atom stereocenters. The fourth-order valence-corrected chi connectivity index (χ4v) is 5.18. The molecule has 4 rings (SSSR count). The van der Waals surface area contributed by atoms with Gasteiger partial charge in [-0.1, -0.05) is 12.1 Å². The Morgan fingerprint density at radius 1 is 1.31 bits per heavy atom. The Kier molecular flexibility index (Phi) is 5.14. The second-order valence-electron chi connectivity index (χ2n) is 6.92. The molecule has 1 atom stereocenters. The fraction of sp³-hybridized carbons (Fsp3) is 0.300. The molecule has 1 amide bonds. The number of carbonyl (C=O) groups is 1. The van der Waals surface area contributed by atoms with Gasteiger partial charge >= 0.3 is 0 Å². The van der Waals surface area contributed by atoms with Gasteiger partial charge in [0.25, 0.3) is 5.91 Å². The maximum Gasteiger partial charge on any atom is 0.271 e. The van der Waals surface area contributed by atoms with Crippen LogP contribution in [0.15, 0.2) is 53.1 Å². The number of sulfone groups is 1. The van der Waals surface area contributed by atoms with Crippen molar-refractivity contribution in [1.29, 1.82) is 0 Å². The molecule has 0 spiro atoms. The predicted molar refractivity (Wildman–Crippen MR) is 106 cm³/mol. The molecule has 152 valence electrons. The molecule has 3 aromatic rings. The number of benzene rings is 1. The number of likely N-dealkylation sites (tertiary alicyclic amines) is 1. The van der Waals surface area contributed by atoms with Crippen molar-refractivity contribution >= 4 is 15.7 Å². The molecule has 1 aliphatic rings. The van der Waals surface area contributed by atoms with E-state index in [1.165, 1.54) is 6.26 Å². The Bertz CT molecular complexity index is 1100.